The van der Waals surface area contributed by atoms with Crippen molar-refractivity contribution in [2.75, 3.05) is 14.2 Å². The molecule has 0 saturated heterocycles. The zero-order chi connectivity index (χ0) is 22.7. The number of hydrogen-bond donors (Lipinski definition) is 2. The lowest BCUT2D eigenvalue weighted by Crippen LogP contribution is -2.41. The number of nitrogens with zero attached hydrogens (tertiary/aromatic N) is 2. The van der Waals surface area contributed by atoms with Gasteiger partial charge in [0.25, 0.3) is 5.56 Å². The molecule has 0 spiro atoms. The molecule has 1 unspecified atom stereocenters. The van der Waals surface area contributed by atoms with Crippen LogP contribution in [0.1, 0.15) is 12.5 Å². The lowest BCUT2D eigenvalue weighted by molar-refractivity contribution is -0.119. The van der Waals surface area contributed by atoms with Crippen LogP contribution in [0.15, 0.2) is 46.3 Å². The molecule has 2 N–H and O–H groups in total. The van der Waals surface area contributed by atoms with Crippen LogP contribution in [0.3, 0.4) is 0 Å². The Morgan fingerprint density at radius 2 is 1.97 bits per heavy atom. The summed E-state index contributed by atoms with van der Waals surface area (Å²) in [5, 5.41) is 5.05. The number of fused-ring (bicyclic) bond motifs is 1. The second-order valence-electron chi connectivity index (χ2n) is 6.65. The number of ether oxygens (including phenoxy) is 1. The predicted octanol–water partition coefficient (Wildman–Crippen LogP) is 3.29. The van der Waals surface area contributed by atoms with Crippen molar-refractivity contribution >= 4 is 46.2 Å². The first-order valence-corrected chi connectivity index (χ1v) is 10.6. The van der Waals surface area contributed by atoms with E-state index < -0.39 is 17.2 Å². The Bertz CT molecular complexity index is 1230. The summed E-state index contributed by atoms with van der Waals surface area (Å²) >= 11 is 7.29. The highest BCUT2D eigenvalue weighted by Gasteiger charge is 2.23. The topological polar surface area (TPSA) is 102 Å². The standard InChI is InChI=1S/C21H21ClN4O4S/c1-11-9-16(17(30-4)10-14(11)22)26-19(28)13-7-5-6-8-15(13)24-21(26)31-12(2)18(27)25-20(29)23-3/h5-10,12H,1-4H3,(H2,23,25,27,29). The maximum atomic E-state index is 13.4. The number of methoxy groups -OCH3 is 1. The van der Waals surface area contributed by atoms with Crippen LogP contribution in [0, 0.1) is 6.92 Å². The fraction of sp³-hybridized carbons (Fsp3) is 0.238. The Morgan fingerprint density at radius 3 is 2.65 bits per heavy atom. The molecule has 0 aliphatic rings. The number of aryl methyl sites for hydroxylation is 1. The van der Waals surface area contributed by atoms with Gasteiger partial charge in [0.1, 0.15) is 5.75 Å². The Balaban J connectivity index is 2.20. The molecule has 1 aromatic heterocycles. The molecule has 0 aliphatic heterocycles. The summed E-state index contributed by atoms with van der Waals surface area (Å²) in [6.45, 7) is 3.44. The average molecular weight is 461 g/mol. The quantitative estimate of drug-likeness (QED) is 0.447. The summed E-state index contributed by atoms with van der Waals surface area (Å²) in [5.41, 5.74) is 1.38. The van der Waals surface area contributed by atoms with Gasteiger partial charge in [-0.3, -0.25) is 19.5 Å². The Kier molecular flexibility index (Phi) is 6.87. The number of hydrogen-bond acceptors (Lipinski definition) is 6. The van der Waals surface area contributed by atoms with Crippen LogP contribution in [0.2, 0.25) is 5.02 Å². The molecule has 1 heterocycles. The van der Waals surface area contributed by atoms with Gasteiger partial charge in [-0.2, -0.15) is 0 Å². The minimum absolute atomic E-state index is 0.281. The summed E-state index contributed by atoms with van der Waals surface area (Å²) < 4.78 is 6.87. The molecule has 3 rings (SSSR count). The van der Waals surface area contributed by atoms with Crippen molar-refractivity contribution in [3.63, 3.8) is 0 Å². The van der Waals surface area contributed by atoms with Crippen molar-refractivity contribution in [1.82, 2.24) is 20.2 Å². The zero-order valence-electron chi connectivity index (χ0n) is 17.4. The highest BCUT2D eigenvalue weighted by Crippen LogP contribution is 2.33. The van der Waals surface area contributed by atoms with Gasteiger partial charge in [0, 0.05) is 18.1 Å². The number of amides is 3. The van der Waals surface area contributed by atoms with Gasteiger partial charge in [0.05, 0.1) is 29.0 Å². The first kappa shape index (κ1) is 22.6. The van der Waals surface area contributed by atoms with E-state index in [2.05, 4.69) is 15.6 Å². The molecule has 10 heteroatoms. The molecule has 3 amide bonds. The van der Waals surface area contributed by atoms with Crippen LogP contribution >= 0.6 is 23.4 Å². The van der Waals surface area contributed by atoms with Crippen LogP contribution in [-0.2, 0) is 4.79 Å². The maximum Gasteiger partial charge on any atom is 0.321 e. The van der Waals surface area contributed by atoms with Crippen LogP contribution in [0.5, 0.6) is 5.75 Å². The summed E-state index contributed by atoms with van der Waals surface area (Å²) in [6.07, 6.45) is 0. The molecule has 1 atom stereocenters. The SMILES string of the molecule is CNC(=O)NC(=O)C(C)Sc1nc2ccccc2c(=O)n1-c1cc(C)c(Cl)cc1OC. The van der Waals surface area contributed by atoms with Crippen LogP contribution in [-0.4, -0.2) is 40.9 Å². The molecule has 0 saturated carbocycles. The number of nitrogens with one attached hydrogen (secondary N) is 2. The summed E-state index contributed by atoms with van der Waals surface area (Å²) in [7, 11) is 2.90. The third kappa shape index (κ3) is 4.67. The minimum atomic E-state index is -0.712. The zero-order valence-corrected chi connectivity index (χ0v) is 18.9. The maximum absolute atomic E-state index is 13.4. The highest BCUT2D eigenvalue weighted by molar-refractivity contribution is 8.00. The van der Waals surface area contributed by atoms with Crippen molar-refractivity contribution < 1.29 is 14.3 Å². The molecule has 0 radical (unpaired) electrons. The van der Waals surface area contributed by atoms with Crippen molar-refractivity contribution in [2.24, 2.45) is 0 Å². The van der Waals surface area contributed by atoms with Gasteiger partial charge in [-0.15, -0.1) is 0 Å². The molecule has 3 aromatic rings. The number of benzene rings is 2. The van der Waals surface area contributed by atoms with E-state index in [1.165, 1.54) is 18.7 Å². The van der Waals surface area contributed by atoms with E-state index in [4.69, 9.17) is 16.3 Å². The molecule has 0 bridgehead atoms. The largest absolute Gasteiger partial charge is 0.495 e. The third-order valence-corrected chi connectivity index (χ3v) is 6.02. The van der Waals surface area contributed by atoms with E-state index in [0.717, 1.165) is 17.3 Å². The van der Waals surface area contributed by atoms with Gasteiger partial charge in [-0.05, 0) is 37.6 Å². The third-order valence-electron chi connectivity index (χ3n) is 4.56. The fourth-order valence-corrected chi connectivity index (χ4v) is 3.95. The molecular weight excluding hydrogens is 440 g/mol. The van der Waals surface area contributed by atoms with Gasteiger partial charge < -0.3 is 10.1 Å². The Labute approximate surface area is 187 Å². The van der Waals surface area contributed by atoms with Gasteiger partial charge in [-0.25, -0.2) is 9.78 Å². The highest BCUT2D eigenvalue weighted by atomic mass is 35.5. The van der Waals surface area contributed by atoms with E-state index in [9.17, 15) is 14.4 Å². The molecule has 8 nitrogen and oxygen atoms in total. The summed E-state index contributed by atoms with van der Waals surface area (Å²) in [4.78, 5) is 41.9. The molecule has 31 heavy (non-hydrogen) atoms. The van der Waals surface area contributed by atoms with Gasteiger partial charge in [0.15, 0.2) is 5.16 Å². The van der Waals surface area contributed by atoms with Crippen molar-refractivity contribution in [3.8, 4) is 11.4 Å². The first-order chi connectivity index (χ1) is 14.8. The number of carbonyl (C=O) groups is 2. The van der Waals surface area contributed by atoms with Crippen LogP contribution < -0.4 is 20.9 Å². The van der Waals surface area contributed by atoms with E-state index in [1.807, 2.05) is 6.92 Å². The minimum Gasteiger partial charge on any atom is -0.495 e. The molecule has 0 aliphatic carbocycles. The normalized spacial score (nSPS) is 11.8. The van der Waals surface area contributed by atoms with Crippen molar-refractivity contribution in [2.45, 2.75) is 24.3 Å². The lowest BCUT2D eigenvalue weighted by Gasteiger charge is -2.18. The number of rotatable bonds is 5. The van der Waals surface area contributed by atoms with Gasteiger partial charge in [-0.1, -0.05) is 35.5 Å². The van der Waals surface area contributed by atoms with E-state index >= 15 is 0 Å². The average Bonchev–Trinajstić information content (AvgIpc) is 2.75. The fourth-order valence-electron chi connectivity index (χ4n) is 2.88. The number of thioether (sulfide) groups is 1. The molecule has 2 aromatic carbocycles. The smallest absolute Gasteiger partial charge is 0.321 e. The second-order valence-corrected chi connectivity index (χ2v) is 8.37. The summed E-state index contributed by atoms with van der Waals surface area (Å²) in [6, 6.07) is 9.70. The molecule has 162 valence electrons. The Hall–Kier alpha value is -3.04. The number of carbonyl (C=O) groups excluding carboxylic acids is 2. The van der Waals surface area contributed by atoms with Crippen LogP contribution in [0.25, 0.3) is 16.6 Å². The molecule has 0 fully saturated rings. The molecular formula is C21H21ClN4O4S. The number of imide groups is 1. The van der Waals surface area contributed by atoms with Gasteiger partial charge >= 0.3 is 6.03 Å². The van der Waals surface area contributed by atoms with E-state index in [0.29, 0.717) is 27.4 Å². The van der Waals surface area contributed by atoms with Crippen molar-refractivity contribution in [3.05, 3.63) is 57.3 Å². The Morgan fingerprint density at radius 1 is 1.26 bits per heavy atom. The second kappa shape index (κ2) is 9.40. The summed E-state index contributed by atoms with van der Waals surface area (Å²) in [5.74, 6) is -0.128. The van der Waals surface area contributed by atoms with Crippen LogP contribution in [0.4, 0.5) is 4.79 Å². The van der Waals surface area contributed by atoms with E-state index in [1.54, 1.807) is 43.3 Å². The first-order valence-electron chi connectivity index (χ1n) is 9.32. The monoisotopic (exact) mass is 460 g/mol. The van der Waals surface area contributed by atoms with E-state index in [-0.39, 0.29) is 10.7 Å². The van der Waals surface area contributed by atoms with Gasteiger partial charge in [0.2, 0.25) is 5.91 Å². The number of urea groups is 1. The lowest BCUT2D eigenvalue weighted by atomic mass is 10.2. The number of para-hydroxylation sites is 1. The number of halogens is 1. The number of aromatic nitrogens is 2. The predicted molar refractivity (Wildman–Crippen MR) is 122 cm³/mol. The van der Waals surface area contributed by atoms with Crippen molar-refractivity contribution in [1.29, 1.82) is 0 Å².